The van der Waals surface area contributed by atoms with Gasteiger partial charge >= 0.3 is 0 Å². The van der Waals surface area contributed by atoms with Crippen molar-refractivity contribution in [3.63, 3.8) is 0 Å². The molecule has 98 valence electrons. The summed E-state index contributed by atoms with van der Waals surface area (Å²) in [5, 5.41) is 12.4. The maximum absolute atomic E-state index is 11.5. The minimum absolute atomic E-state index is 0.0212. The van der Waals surface area contributed by atoms with Crippen molar-refractivity contribution in [1.82, 2.24) is 10.3 Å². The van der Waals surface area contributed by atoms with E-state index in [0.29, 0.717) is 10.9 Å². The second-order valence-electron chi connectivity index (χ2n) is 3.97. The molecule has 1 unspecified atom stereocenters. The smallest absolute Gasteiger partial charge is 0.259 e. The van der Waals surface area contributed by atoms with Gasteiger partial charge in [-0.3, -0.25) is 9.59 Å². The fourth-order valence-electron chi connectivity index (χ4n) is 1.46. The van der Waals surface area contributed by atoms with Crippen LogP contribution in [0, 0.1) is 0 Å². The van der Waals surface area contributed by atoms with Crippen molar-refractivity contribution in [2.45, 2.75) is 26.3 Å². The van der Waals surface area contributed by atoms with Crippen LogP contribution in [-0.4, -0.2) is 22.0 Å². The van der Waals surface area contributed by atoms with Crippen LogP contribution in [0.5, 0.6) is 5.75 Å². The number of pyridine rings is 1. The zero-order chi connectivity index (χ0) is 13.7. The van der Waals surface area contributed by atoms with E-state index in [1.165, 1.54) is 19.2 Å². The minimum Gasteiger partial charge on any atom is -0.506 e. The van der Waals surface area contributed by atoms with Gasteiger partial charge in [0.05, 0.1) is 10.0 Å². The Morgan fingerprint density at radius 2 is 2.33 bits per heavy atom. The van der Waals surface area contributed by atoms with Crippen LogP contribution in [0.3, 0.4) is 0 Å². The molecule has 1 aromatic rings. The molecule has 0 saturated carbocycles. The molecular formula is C12H15BrN2O3. The molecule has 18 heavy (non-hydrogen) atoms. The van der Waals surface area contributed by atoms with Gasteiger partial charge in [0.15, 0.2) is 0 Å². The Morgan fingerprint density at radius 1 is 1.67 bits per heavy atom. The van der Waals surface area contributed by atoms with Gasteiger partial charge < -0.3 is 15.4 Å². The molecule has 0 bridgehead atoms. The molecule has 0 fully saturated rings. The Balaban J connectivity index is 2.76. The van der Waals surface area contributed by atoms with Crippen LogP contribution in [0.25, 0.3) is 6.08 Å². The third-order valence-electron chi connectivity index (χ3n) is 2.28. The molecule has 6 heteroatoms. The van der Waals surface area contributed by atoms with Crippen LogP contribution in [0.2, 0.25) is 0 Å². The van der Waals surface area contributed by atoms with Crippen LogP contribution < -0.4 is 10.9 Å². The average Bonchev–Trinajstić information content (AvgIpc) is 2.27. The van der Waals surface area contributed by atoms with Crippen molar-refractivity contribution in [2.24, 2.45) is 0 Å². The van der Waals surface area contributed by atoms with Crippen LogP contribution in [0.15, 0.2) is 21.5 Å². The maximum atomic E-state index is 11.5. The summed E-state index contributed by atoms with van der Waals surface area (Å²) in [6, 6.07) is -0.0212. The monoisotopic (exact) mass is 314 g/mol. The summed E-state index contributed by atoms with van der Waals surface area (Å²) in [7, 11) is 0. The van der Waals surface area contributed by atoms with Crippen LogP contribution in [-0.2, 0) is 4.79 Å². The first-order valence-corrected chi connectivity index (χ1v) is 6.25. The lowest BCUT2D eigenvalue weighted by Crippen LogP contribution is -2.29. The first-order chi connectivity index (χ1) is 8.41. The van der Waals surface area contributed by atoms with Crippen molar-refractivity contribution in [3.8, 4) is 5.75 Å². The lowest BCUT2D eigenvalue weighted by molar-refractivity contribution is -0.119. The van der Waals surface area contributed by atoms with Gasteiger partial charge in [-0.25, -0.2) is 0 Å². The molecule has 0 spiro atoms. The summed E-state index contributed by atoms with van der Waals surface area (Å²) in [6.07, 6.45) is 5.23. The Labute approximate surface area is 113 Å². The number of carbonyl (C=O) groups is 1. The van der Waals surface area contributed by atoms with E-state index in [2.05, 4.69) is 26.2 Å². The Morgan fingerprint density at radius 3 is 2.94 bits per heavy atom. The molecule has 5 nitrogen and oxygen atoms in total. The molecule has 1 amide bonds. The van der Waals surface area contributed by atoms with E-state index < -0.39 is 0 Å². The van der Waals surface area contributed by atoms with E-state index in [0.717, 1.165) is 0 Å². The number of hydrogen-bond donors (Lipinski definition) is 3. The topological polar surface area (TPSA) is 82.2 Å². The summed E-state index contributed by atoms with van der Waals surface area (Å²) in [4.78, 5) is 24.8. The van der Waals surface area contributed by atoms with E-state index in [1.807, 2.05) is 6.92 Å². The van der Waals surface area contributed by atoms with Gasteiger partial charge in [-0.05, 0) is 35.4 Å². The normalized spacial score (nSPS) is 12.6. The number of aromatic hydroxyl groups is 1. The summed E-state index contributed by atoms with van der Waals surface area (Å²) >= 11 is 3.12. The average molecular weight is 315 g/mol. The van der Waals surface area contributed by atoms with E-state index in [-0.39, 0.29) is 28.8 Å². The van der Waals surface area contributed by atoms with Gasteiger partial charge in [-0.1, -0.05) is 6.08 Å². The van der Waals surface area contributed by atoms with Gasteiger partial charge in [-0.2, -0.15) is 0 Å². The molecule has 0 aliphatic carbocycles. The second kappa shape index (κ2) is 6.39. The number of carbonyl (C=O) groups excluding carboxylic acids is 1. The molecule has 0 aliphatic heterocycles. The highest BCUT2D eigenvalue weighted by Gasteiger charge is 2.07. The summed E-state index contributed by atoms with van der Waals surface area (Å²) in [5.74, 6) is -0.193. The van der Waals surface area contributed by atoms with Crippen molar-refractivity contribution in [1.29, 1.82) is 0 Å². The molecular weight excluding hydrogens is 300 g/mol. The number of hydrogen-bond acceptors (Lipinski definition) is 3. The predicted octanol–water partition coefficient (Wildman–Crippen LogP) is 1.77. The third-order valence-corrected chi connectivity index (χ3v) is 2.88. The molecule has 0 saturated heterocycles. The fourth-order valence-corrected chi connectivity index (χ4v) is 1.79. The summed E-state index contributed by atoms with van der Waals surface area (Å²) in [5.41, 5.74) is -0.168. The lowest BCUT2D eigenvalue weighted by Gasteiger charge is -2.08. The third kappa shape index (κ3) is 4.03. The standard InChI is InChI=1S/C12H15BrN2O3/c1-7(15-8(2)16)4-3-5-9-11(17)10(13)6-14-12(9)18/h3,5-7H,4H2,1-2H3,(H,15,16)(H2,14,17,18)/b5-3+. The molecule has 1 heterocycles. The van der Waals surface area contributed by atoms with Crippen molar-refractivity contribution >= 4 is 27.9 Å². The number of nitrogens with one attached hydrogen (secondary N) is 2. The molecule has 1 atom stereocenters. The lowest BCUT2D eigenvalue weighted by atomic mass is 10.1. The summed E-state index contributed by atoms with van der Waals surface area (Å²) in [6.45, 7) is 3.31. The van der Waals surface area contributed by atoms with Gasteiger partial charge in [0, 0.05) is 19.2 Å². The van der Waals surface area contributed by atoms with E-state index >= 15 is 0 Å². The molecule has 0 aliphatic rings. The predicted molar refractivity (Wildman–Crippen MR) is 73.4 cm³/mol. The molecule has 3 N–H and O–H groups in total. The largest absolute Gasteiger partial charge is 0.506 e. The van der Waals surface area contributed by atoms with Gasteiger partial charge in [-0.15, -0.1) is 0 Å². The second-order valence-corrected chi connectivity index (χ2v) is 4.82. The van der Waals surface area contributed by atoms with Crippen molar-refractivity contribution in [2.75, 3.05) is 0 Å². The first kappa shape index (κ1) is 14.5. The number of amides is 1. The van der Waals surface area contributed by atoms with Crippen LogP contribution in [0.1, 0.15) is 25.8 Å². The number of aromatic amines is 1. The highest BCUT2D eigenvalue weighted by Crippen LogP contribution is 2.24. The molecule has 1 rings (SSSR count). The molecule has 0 radical (unpaired) electrons. The van der Waals surface area contributed by atoms with Crippen molar-refractivity contribution in [3.05, 3.63) is 32.7 Å². The zero-order valence-electron chi connectivity index (χ0n) is 10.2. The Kier molecular flexibility index (Phi) is 5.15. The fraction of sp³-hybridized carbons (Fsp3) is 0.333. The highest BCUT2D eigenvalue weighted by atomic mass is 79.9. The van der Waals surface area contributed by atoms with Gasteiger partial charge in [0.2, 0.25) is 5.91 Å². The van der Waals surface area contributed by atoms with Crippen LogP contribution >= 0.6 is 15.9 Å². The number of halogens is 1. The summed E-state index contributed by atoms with van der Waals surface area (Å²) < 4.78 is 0.427. The minimum atomic E-state index is -0.362. The number of H-pyrrole nitrogens is 1. The molecule has 0 aromatic carbocycles. The number of aromatic nitrogens is 1. The van der Waals surface area contributed by atoms with E-state index in [1.54, 1.807) is 6.08 Å². The highest BCUT2D eigenvalue weighted by molar-refractivity contribution is 9.10. The SMILES string of the molecule is CC(=O)NC(C)C/C=C/c1c(O)c(Br)c[nH]c1=O. The zero-order valence-corrected chi connectivity index (χ0v) is 11.7. The quantitative estimate of drug-likeness (QED) is 0.792. The van der Waals surface area contributed by atoms with Crippen LogP contribution in [0.4, 0.5) is 0 Å². The Bertz CT molecular complexity index is 523. The van der Waals surface area contributed by atoms with Gasteiger partial charge in [0.25, 0.3) is 5.56 Å². The maximum Gasteiger partial charge on any atom is 0.259 e. The van der Waals surface area contributed by atoms with Gasteiger partial charge in [0.1, 0.15) is 5.75 Å². The van der Waals surface area contributed by atoms with Crippen molar-refractivity contribution < 1.29 is 9.90 Å². The van der Waals surface area contributed by atoms with E-state index in [9.17, 15) is 14.7 Å². The first-order valence-electron chi connectivity index (χ1n) is 5.45. The van der Waals surface area contributed by atoms with E-state index in [4.69, 9.17) is 0 Å². The molecule has 1 aromatic heterocycles. The Hall–Kier alpha value is -1.56. The number of rotatable bonds is 4.